The first-order chi connectivity index (χ1) is 7.65. The van der Waals surface area contributed by atoms with Crippen LogP contribution < -0.4 is 0 Å². The van der Waals surface area contributed by atoms with E-state index in [1.54, 1.807) is 13.0 Å². The minimum absolute atomic E-state index is 0.0523. The molecule has 0 saturated carbocycles. The van der Waals surface area contributed by atoms with Gasteiger partial charge in [0, 0.05) is 19.4 Å². The van der Waals surface area contributed by atoms with Gasteiger partial charge in [-0.1, -0.05) is 6.08 Å². The first kappa shape index (κ1) is 14.2. The van der Waals surface area contributed by atoms with Crippen LogP contribution in [-0.2, 0) is 14.3 Å². The summed E-state index contributed by atoms with van der Waals surface area (Å²) < 4.78 is 4.77. The van der Waals surface area contributed by atoms with Crippen LogP contribution in [-0.4, -0.2) is 36.5 Å². The maximum absolute atomic E-state index is 11.6. The SMILES string of the molecule is C#CCCC(=O)N(CC=C)CC(=O)OCC. The third kappa shape index (κ3) is 5.86. The van der Waals surface area contributed by atoms with Gasteiger partial charge in [0.05, 0.1) is 6.61 Å². The van der Waals surface area contributed by atoms with Crippen molar-refractivity contribution in [3.8, 4) is 12.3 Å². The van der Waals surface area contributed by atoms with E-state index in [1.165, 1.54) is 4.90 Å². The van der Waals surface area contributed by atoms with Gasteiger partial charge in [0.1, 0.15) is 6.54 Å². The molecule has 4 nitrogen and oxygen atoms in total. The average molecular weight is 223 g/mol. The molecule has 0 aliphatic carbocycles. The molecule has 0 aliphatic heterocycles. The fraction of sp³-hybridized carbons (Fsp3) is 0.500. The number of rotatable bonds is 7. The Labute approximate surface area is 96.3 Å². The van der Waals surface area contributed by atoms with E-state index in [9.17, 15) is 9.59 Å². The van der Waals surface area contributed by atoms with Gasteiger partial charge in [-0.3, -0.25) is 9.59 Å². The second kappa shape index (κ2) is 8.54. The van der Waals surface area contributed by atoms with Crippen molar-refractivity contribution in [2.75, 3.05) is 19.7 Å². The molecule has 0 unspecified atom stereocenters. The summed E-state index contributed by atoms with van der Waals surface area (Å²) >= 11 is 0. The molecule has 0 bridgehead atoms. The van der Waals surface area contributed by atoms with Crippen molar-refractivity contribution in [3.63, 3.8) is 0 Å². The number of ether oxygens (including phenoxy) is 1. The third-order valence-corrected chi connectivity index (χ3v) is 1.81. The minimum atomic E-state index is -0.418. The lowest BCUT2D eigenvalue weighted by molar-refractivity contribution is -0.148. The monoisotopic (exact) mass is 223 g/mol. The van der Waals surface area contributed by atoms with Crippen LogP contribution in [0.3, 0.4) is 0 Å². The average Bonchev–Trinajstić information content (AvgIpc) is 2.25. The second-order valence-corrected chi connectivity index (χ2v) is 3.07. The Morgan fingerprint density at radius 2 is 2.25 bits per heavy atom. The van der Waals surface area contributed by atoms with Crippen molar-refractivity contribution < 1.29 is 14.3 Å². The number of amides is 1. The first-order valence-corrected chi connectivity index (χ1v) is 5.13. The fourth-order valence-electron chi connectivity index (χ4n) is 1.11. The molecule has 0 saturated heterocycles. The van der Waals surface area contributed by atoms with Crippen molar-refractivity contribution in [2.45, 2.75) is 19.8 Å². The van der Waals surface area contributed by atoms with Crippen molar-refractivity contribution >= 4 is 11.9 Å². The van der Waals surface area contributed by atoms with Gasteiger partial charge >= 0.3 is 5.97 Å². The van der Waals surface area contributed by atoms with Crippen LogP contribution in [0.2, 0.25) is 0 Å². The Morgan fingerprint density at radius 1 is 1.56 bits per heavy atom. The van der Waals surface area contributed by atoms with Crippen LogP contribution >= 0.6 is 0 Å². The zero-order valence-electron chi connectivity index (χ0n) is 9.57. The van der Waals surface area contributed by atoms with Crippen molar-refractivity contribution in [3.05, 3.63) is 12.7 Å². The highest BCUT2D eigenvalue weighted by molar-refractivity contribution is 5.82. The van der Waals surface area contributed by atoms with E-state index in [1.807, 2.05) is 0 Å². The summed E-state index contributed by atoms with van der Waals surface area (Å²) in [4.78, 5) is 24.2. The zero-order valence-corrected chi connectivity index (χ0v) is 9.57. The molecule has 16 heavy (non-hydrogen) atoms. The highest BCUT2D eigenvalue weighted by atomic mass is 16.5. The van der Waals surface area contributed by atoms with Crippen LogP contribution in [0.4, 0.5) is 0 Å². The van der Waals surface area contributed by atoms with Crippen LogP contribution in [0.15, 0.2) is 12.7 Å². The normalized spacial score (nSPS) is 9.00. The van der Waals surface area contributed by atoms with E-state index >= 15 is 0 Å². The molecule has 0 spiro atoms. The summed E-state index contributed by atoms with van der Waals surface area (Å²) in [6.07, 6.45) is 7.24. The summed E-state index contributed by atoms with van der Waals surface area (Å²) in [6, 6.07) is 0. The highest BCUT2D eigenvalue weighted by Crippen LogP contribution is 1.98. The molecule has 0 aromatic heterocycles. The number of carbonyl (C=O) groups is 2. The van der Waals surface area contributed by atoms with Crippen LogP contribution in [0.5, 0.6) is 0 Å². The third-order valence-electron chi connectivity index (χ3n) is 1.81. The number of terminal acetylenes is 1. The largest absolute Gasteiger partial charge is 0.465 e. The Hall–Kier alpha value is -1.76. The first-order valence-electron chi connectivity index (χ1n) is 5.13. The number of nitrogens with zero attached hydrogens (tertiary/aromatic N) is 1. The minimum Gasteiger partial charge on any atom is -0.465 e. The van der Waals surface area contributed by atoms with Gasteiger partial charge in [-0.05, 0) is 6.92 Å². The Kier molecular flexibility index (Phi) is 7.60. The number of hydrogen-bond donors (Lipinski definition) is 0. The lowest BCUT2D eigenvalue weighted by atomic mass is 10.3. The summed E-state index contributed by atoms with van der Waals surface area (Å²) in [7, 11) is 0. The second-order valence-electron chi connectivity index (χ2n) is 3.07. The zero-order chi connectivity index (χ0) is 12.4. The van der Waals surface area contributed by atoms with Crippen molar-refractivity contribution in [1.82, 2.24) is 4.90 Å². The lowest BCUT2D eigenvalue weighted by Crippen LogP contribution is -2.36. The summed E-state index contributed by atoms with van der Waals surface area (Å²) in [5, 5.41) is 0. The van der Waals surface area contributed by atoms with E-state index in [2.05, 4.69) is 12.5 Å². The molecule has 0 N–H and O–H groups in total. The molecule has 0 heterocycles. The van der Waals surface area contributed by atoms with Gasteiger partial charge in [0.15, 0.2) is 0 Å². The van der Waals surface area contributed by atoms with Crippen molar-refractivity contribution in [1.29, 1.82) is 0 Å². The smallest absolute Gasteiger partial charge is 0.325 e. The maximum atomic E-state index is 11.6. The van der Waals surface area contributed by atoms with Crippen LogP contribution in [0.1, 0.15) is 19.8 Å². The molecular weight excluding hydrogens is 206 g/mol. The molecule has 0 aromatic rings. The van der Waals surface area contributed by atoms with Crippen LogP contribution in [0.25, 0.3) is 0 Å². The summed E-state index contributed by atoms with van der Waals surface area (Å²) in [5.41, 5.74) is 0. The predicted molar refractivity (Wildman–Crippen MR) is 61.5 cm³/mol. The van der Waals surface area contributed by atoms with Gasteiger partial charge in [-0.15, -0.1) is 18.9 Å². The molecule has 4 heteroatoms. The maximum Gasteiger partial charge on any atom is 0.325 e. The van der Waals surface area contributed by atoms with Gasteiger partial charge in [0.2, 0.25) is 5.91 Å². The molecule has 0 radical (unpaired) electrons. The van der Waals surface area contributed by atoms with Gasteiger partial charge < -0.3 is 9.64 Å². The molecule has 1 amide bonds. The molecular formula is C12H17NO3. The Morgan fingerprint density at radius 3 is 2.75 bits per heavy atom. The van der Waals surface area contributed by atoms with E-state index in [4.69, 9.17) is 11.2 Å². The van der Waals surface area contributed by atoms with Crippen molar-refractivity contribution in [2.24, 2.45) is 0 Å². The Bertz CT molecular complexity index is 291. The standard InChI is InChI=1S/C12H17NO3/c1-4-7-8-11(14)13(9-5-2)10-12(15)16-6-3/h1,5H,2,6-10H2,3H3. The highest BCUT2D eigenvalue weighted by Gasteiger charge is 2.15. The lowest BCUT2D eigenvalue weighted by Gasteiger charge is -2.19. The Balaban J connectivity index is 4.25. The van der Waals surface area contributed by atoms with Crippen LogP contribution in [0, 0.1) is 12.3 Å². The summed E-state index contributed by atoms with van der Waals surface area (Å²) in [5.74, 6) is 1.81. The molecule has 88 valence electrons. The quantitative estimate of drug-likeness (QED) is 0.367. The molecule has 0 aliphatic rings. The number of hydrogen-bond acceptors (Lipinski definition) is 3. The number of esters is 1. The number of carbonyl (C=O) groups excluding carboxylic acids is 2. The van der Waals surface area contributed by atoms with E-state index in [0.29, 0.717) is 19.6 Å². The van der Waals surface area contributed by atoms with Gasteiger partial charge in [0.25, 0.3) is 0 Å². The fourth-order valence-corrected chi connectivity index (χ4v) is 1.11. The molecule has 0 fully saturated rings. The molecule has 0 aromatic carbocycles. The van der Waals surface area contributed by atoms with Gasteiger partial charge in [-0.25, -0.2) is 0 Å². The molecule has 0 rings (SSSR count). The topological polar surface area (TPSA) is 46.6 Å². The van der Waals surface area contributed by atoms with Gasteiger partial charge in [-0.2, -0.15) is 0 Å². The molecule has 0 atom stereocenters. The van der Waals surface area contributed by atoms with E-state index < -0.39 is 5.97 Å². The van der Waals surface area contributed by atoms with E-state index in [-0.39, 0.29) is 18.9 Å². The predicted octanol–water partition coefficient (Wildman–Crippen LogP) is 0.977. The van der Waals surface area contributed by atoms with E-state index in [0.717, 1.165) is 0 Å². The summed E-state index contributed by atoms with van der Waals surface area (Å²) in [6.45, 7) is 5.82.